The molecule has 0 fully saturated rings. The Hall–Kier alpha value is -3.94. The van der Waals surface area contributed by atoms with Crippen molar-refractivity contribution in [2.24, 2.45) is 5.16 Å². The molecular weight excluding hydrogens is 394 g/mol. The minimum absolute atomic E-state index is 0.0355. The summed E-state index contributed by atoms with van der Waals surface area (Å²) in [6, 6.07) is 14.4. The van der Waals surface area contributed by atoms with Gasteiger partial charge in [-0.1, -0.05) is 30.3 Å². The maximum Gasteiger partial charge on any atom is 0.273 e. The molecule has 158 valence electrons. The van der Waals surface area contributed by atoms with Crippen LogP contribution in [-0.2, 0) is 11.2 Å². The van der Waals surface area contributed by atoms with Crippen LogP contribution in [-0.4, -0.2) is 39.2 Å². The van der Waals surface area contributed by atoms with Gasteiger partial charge in [0.25, 0.3) is 11.8 Å². The molecule has 3 N–H and O–H groups in total. The number of fused-ring (bicyclic) bond motifs is 3. The molecule has 0 saturated carbocycles. The van der Waals surface area contributed by atoms with Gasteiger partial charge >= 0.3 is 0 Å². The molecule has 0 saturated heterocycles. The van der Waals surface area contributed by atoms with Gasteiger partial charge in [-0.15, -0.1) is 0 Å². The summed E-state index contributed by atoms with van der Waals surface area (Å²) in [4.78, 5) is 35.1. The van der Waals surface area contributed by atoms with E-state index in [1.54, 1.807) is 36.1 Å². The van der Waals surface area contributed by atoms with Crippen LogP contribution in [0.1, 0.15) is 35.2 Å². The zero-order valence-corrected chi connectivity index (χ0v) is 17.3. The van der Waals surface area contributed by atoms with Crippen molar-refractivity contribution in [3.8, 4) is 11.3 Å². The van der Waals surface area contributed by atoms with Crippen molar-refractivity contribution in [1.82, 2.24) is 9.97 Å². The molecular formula is C23H23N5O3. The summed E-state index contributed by atoms with van der Waals surface area (Å²) in [6.07, 6.45) is 0.981. The number of carbonyl (C=O) groups is 2. The summed E-state index contributed by atoms with van der Waals surface area (Å²) >= 11 is 0. The smallest absolute Gasteiger partial charge is 0.273 e. The third-order valence-electron chi connectivity index (χ3n) is 5.29. The van der Waals surface area contributed by atoms with E-state index in [1.165, 1.54) is 0 Å². The Kier molecular flexibility index (Phi) is 5.53. The van der Waals surface area contributed by atoms with Crippen molar-refractivity contribution in [2.45, 2.75) is 26.7 Å². The maximum atomic E-state index is 13.3. The van der Waals surface area contributed by atoms with Gasteiger partial charge in [0.1, 0.15) is 11.5 Å². The molecule has 8 heteroatoms. The minimum atomic E-state index is -0.477. The molecule has 2 aromatic carbocycles. The average Bonchev–Trinajstić information content (AvgIpc) is 3.08. The van der Waals surface area contributed by atoms with E-state index in [1.807, 2.05) is 31.2 Å². The summed E-state index contributed by atoms with van der Waals surface area (Å²) in [6.45, 7) is 4.18. The number of hydrogen-bond donors (Lipinski definition) is 3. The van der Waals surface area contributed by atoms with E-state index in [2.05, 4.69) is 20.4 Å². The third kappa shape index (κ3) is 3.92. The van der Waals surface area contributed by atoms with Crippen LogP contribution in [0.4, 0.5) is 11.4 Å². The van der Waals surface area contributed by atoms with E-state index < -0.39 is 5.91 Å². The van der Waals surface area contributed by atoms with E-state index in [0.717, 1.165) is 28.5 Å². The summed E-state index contributed by atoms with van der Waals surface area (Å²) in [7, 11) is 0. The lowest BCUT2D eigenvalue weighted by Gasteiger charge is -2.23. The molecule has 0 radical (unpaired) electrons. The maximum absolute atomic E-state index is 13.3. The summed E-state index contributed by atoms with van der Waals surface area (Å²) < 4.78 is 0. The highest BCUT2D eigenvalue weighted by Crippen LogP contribution is 2.35. The topological polar surface area (TPSA) is 111 Å². The van der Waals surface area contributed by atoms with Gasteiger partial charge in [-0.3, -0.25) is 9.59 Å². The fraction of sp³-hybridized carbons (Fsp3) is 0.217. The molecule has 0 atom stereocenters. The zero-order chi connectivity index (χ0) is 22.0. The lowest BCUT2D eigenvalue weighted by molar-refractivity contribution is -0.110. The molecule has 3 aromatic rings. The first-order valence-corrected chi connectivity index (χ1v) is 10.1. The number of H-pyrrole nitrogens is 1. The largest absolute Gasteiger partial charge is 0.410 e. The molecule has 8 nitrogen and oxygen atoms in total. The average molecular weight is 417 g/mol. The van der Waals surface area contributed by atoms with E-state index >= 15 is 0 Å². The van der Waals surface area contributed by atoms with Crippen molar-refractivity contribution in [3.63, 3.8) is 0 Å². The molecule has 4 rings (SSSR count). The number of para-hydroxylation sites is 1. The lowest BCUT2D eigenvalue weighted by Crippen LogP contribution is -2.32. The number of benzene rings is 2. The van der Waals surface area contributed by atoms with Gasteiger partial charge in [-0.25, -0.2) is 4.98 Å². The number of anilines is 2. The summed E-state index contributed by atoms with van der Waals surface area (Å²) in [5, 5.41) is 14.5. The van der Waals surface area contributed by atoms with Crippen LogP contribution in [0.15, 0.2) is 53.7 Å². The molecule has 0 unspecified atom stereocenters. The van der Waals surface area contributed by atoms with Gasteiger partial charge in [0.2, 0.25) is 0 Å². The normalized spacial score (nSPS) is 13.2. The number of aromatic amines is 1. The van der Waals surface area contributed by atoms with Gasteiger partial charge in [-0.05, 0) is 43.7 Å². The highest BCUT2D eigenvalue weighted by molar-refractivity contribution is 6.42. The summed E-state index contributed by atoms with van der Waals surface area (Å²) in [5.74, 6) is 0.252. The number of nitrogens with zero attached hydrogens (tertiary/aromatic N) is 3. The van der Waals surface area contributed by atoms with Crippen LogP contribution in [0.2, 0.25) is 0 Å². The number of rotatable bonds is 4. The second-order valence-electron chi connectivity index (χ2n) is 7.31. The van der Waals surface area contributed by atoms with Gasteiger partial charge in [-0.2, -0.15) is 0 Å². The van der Waals surface area contributed by atoms with Crippen molar-refractivity contribution in [3.05, 3.63) is 65.6 Å². The van der Waals surface area contributed by atoms with Crippen LogP contribution in [0.5, 0.6) is 0 Å². The number of oxime groups is 1. The first-order valence-electron chi connectivity index (χ1n) is 10.1. The molecule has 0 bridgehead atoms. The van der Waals surface area contributed by atoms with Gasteiger partial charge in [0, 0.05) is 35.5 Å². The van der Waals surface area contributed by atoms with E-state index in [0.29, 0.717) is 30.6 Å². The zero-order valence-electron chi connectivity index (χ0n) is 17.3. The molecule has 1 aliphatic heterocycles. The Bertz CT molecular complexity index is 1160. The second-order valence-corrected chi connectivity index (χ2v) is 7.31. The Morgan fingerprint density at radius 3 is 2.65 bits per heavy atom. The van der Waals surface area contributed by atoms with Crippen LogP contribution in [0.25, 0.3) is 11.3 Å². The van der Waals surface area contributed by atoms with Crippen molar-refractivity contribution in [1.29, 1.82) is 0 Å². The Morgan fingerprint density at radius 2 is 1.94 bits per heavy atom. The van der Waals surface area contributed by atoms with E-state index in [9.17, 15) is 9.59 Å². The molecule has 1 aromatic heterocycles. The Labute approximate surface area is 179 Å². The number of carbonyl (C=O) groups excluding carboxylic acids is 2. The quantitative estimate of drug-likeness (QED) is 0.341. The predicted octanol–water partition coefficient (Wildman–Crippen LogP) is 3.77. The fourth-order valence-corrected chi connectivity index (χ4v) is 3.74. The third-order valence-corrected chi connectivity index (χ3v) is 5.29. The number of aromatic nitrogens is 2. The second kappa shape index (κ2) is 8.43. The predicted molar refractivity (Wildman–Crippen MR) is 119 cm³/mol. The standard InChI is InChI=1S/C23H23N5O3/c1-3-18(27-31)22(29)26-16-10-8-15(9-11-16)23(30)28-13-12-19-21(25-14(2)24-19)17-6-4-5-7-20(17)28/h4-11,31H,3,12-13H2,1-2H3,(H,24,25)(H,26,29). The summed E-state index contributed by atoms with van der Waals surface area (Å²) in [5.41, 5.74) is 4.72. The highest BCUT2D eigenvalue weighted by Gasteiger charge is 2.26. The van der Waals surface area contributed by atoms with Crippen LogP contribution < -0.4 is 10.2 Å². The number of imidazole rings is 1. The van der Waals surface area contributed by atoms with Gasteiger partial charge in [0.05, 0.1) is 11.4 Å². The van der Waals surface area contributed by atoms with Crippen LogP contribution >= 0.6 is 0 Å². The molecule has 1 aliphatic rings. The molecule has 0 aliphatic carbocycles. The molecule has 31 heavy (non-hydrogen) atoms. The molecule has 2 heterocycles. The molecule has 0 spiro atoms. The lowest BCUT2D eigenvalue weighted by atomic mass is 10.1. The SMILES string of the molecule is CCC(=NO)C(=O)Nc1ccc(C(=O)N2CCc3[nH]c(C)nc3-c3ccccc32)cc1. The van der Waals surface area contributed by atoms with Crippen molar-refractivity contribution in [2.75, 3.05) is 16.8 Å². The van der Waals surface area contributed by atoms with E-state index in [-0.39, 0.29) is 11.6 Å². The fourth-order valence-electron chi connectivity index (χ4n) is 3.74. The van der Waals surface area contributed by atoms with Crippen LogP contribution in [0.3, 0.4) is 0 Å². The monoisotopic (exact) mass is 417 g/mol. The van der Waals surface area contributed by atoms with E-state index in [4.69, 9.17) is 5.21 Å². The number of aryl methyl sites for hydroxylation is 1. The number of hydrogen-bond acceptors (Lipinski definition) is 5. The van der Waals surface area contributed by atoms with Crippen molar-refractivity contribution < 1.29 is 14.8 Å². The number of nitrogens with one attached hydrogen (secondary N) is 2. The van der Waals surface area contributed by atoms with Crippen LogP contribution in [0, 0.1) is 6.92 Å². The highest BCUT2D eigenvalue weighted by atomic mass is 16.4. The number of amides is 2. The first kappa shape index (κ1) is 20.3. The Balaban J connectivity index is 1.59. The Morgan fingerprint density at radius 1 is 1.19 bits per heavy atom. The first-order chi connectivity index (χ1) is 15.0. The van der Waals surface area contributed by atoms with Crippen molar-refractivity contribution >= 4 is 28.9 Å². The van der Waals surface area contributed by atoms with Gasteiger partial charge in [0.15, 0.2) is 0 Å². The van der Waals surface area contributed by atoms with Gasteiger partial charge < -0.3 is 20.4 Å². The molecule has 2 amide bonds. The minimum Gasteiger partial charge on any atom is -0.410 e.